The second-order valence-corrected chi connectivity index (χ2v) is 6.12. The summed E-state index contributed by atoms with van der Waals surface area (Å²) in [6.07, 6.45) is 6.83. The van der Waals surface area contributed by atoms with Crippen LogP contribution in [0, 0.1) is 0 Å². The third kappa shape index (κ3) is 3.14. The standard InChI is InChI=1S/C15H26N2O3/c1-15(9-8-13(18)17(15)10-11-20-2)14(19)16-12-6-4-3-5-7-12/h12H,3-11H2,1-2H3,(H,16,19). The number of likely N-dealkylation sites (tertiary alicyclic amines) is 1. The molecule has 0 radical (unpaired) electrons. The first kappa shape index (κ1) is 15.3. The van der Waals surface area contributed by atoms with E-state index >= 15 is 0 Å². The average molecular weight is 282 g/mol. The van der Waals surface area contributed by atoms with E-state index in [-0.39, 0.29) is 17.9 Å². The number of nitrogens with zero attached hydrogens (tertiary/aromatic N) is 1. The quantitative estimate of drug-likeness (QED) is 0.830. The second-order valence-electron chi connectivity index (χ2n) is 6.12. The van der Waals surface area contributed by atoms with Gasteiger partial charge >= 0.3 is 0 Å². The zero-order chi connectivity index (χ0) is 14.6. The molecule has 5 heteroatoms. The Balaban J connectivity index is 1.99. The van der Waals surface area contributed by atoms with Crippen molar-refractivity contribution in [1.82, 2.24) is 10.2 Å². The minimum absolute atomic E-state index is 0.00588. The van der Waals surface area contributed by atoms with Crippen LogP contribution in [0.15, 0.2) is 0 Å². The van der Waals surface area contributed by atoms with Crippen LogP contribution in [-0.2, 0) is 14.3 Å². The Morgan fingerprint density at radius 3 is 2.75 bits per heavy atom. The molecule has 1 atom stereocenters. The van der Waals surface area contributed by atoms with Crippen molar-refractivity contribution in [3.8, 4) is 0 Å². The first-order valence-electron chi connectivity index (χ1n) is 7.68. The smallest absolute Gasteiger partial charge is 0.245 e. The Kier molecular flexibility index (Phi) is 5.02. The Hall–Kier alpha value is -1.10. The topological polar surface area (TPSA) is 58.6 Å². The summed E-state index contributed by atoms with van der Waals surface area (Å²) in [7, 11) is 1.61. The predicted molar refractivity (Wildman–Crippen MR) is 76.2 cm³/mol. The number of hydrogen-bond acceptors (Lipinski definition) is 3. The molecular weight excluding hydrogens is 256 g/mol. The second kappa shape index (κ2) is 6.57. The number of methoxy groups -OCH3 is 1. The SMILES string of the molecule is COCCN1C(=O)CCC1(C)C(=O)NC1CCCCC1. The van der Waals surface area contributed by atoms with Crippen molar-refractivity contribution in [2.24, 2.45) is 0 Å². The molecule has 0 aromatic carbocycles. The van der Waals surface area contributed by atoms with E-state index < -0.39 is 5.54 Å². The van der Waals surface area contributed by atoms with E-state index in [1.807, 2.05) is 6.92 Å². The van der Waals surface area contributed by atoms with E-state index in [0.717, 1.165) is 12.8 Å². The molecule has 1 heterocycles. The summed E-state index contributed by atoms with van der Waals surface area (Å²) in [4.78, 5) is 26.3. The summed E-state index contributed by atoms with van der Waals surface area (Å²) < 4.78 is 5.05. The lowest BCUT2D eigenvalue weighted by molar-refractivity contribution is -0.141. The maximum Gasteiger partial charge on any atom is 0.245 e. The molecule has 0 spiro atoms. The molecule has 1 aliphatic carbocycles. The van der Waals surface area contributed by atoms with Crippen molar-refractivity contribution in [2.45, 2.75) is 63.5 Å². The minimum atomic E-state index is -0.701. The molecule has 1 N–H and O–H groups in total. The molecule has 2 fully saturated rings. The van der Waals surface area contributed by atoms with E-state index in [4.69, 9.17) is 4.74 Å². The van der Waals surface area contributed by atoms with Gasteiger partial charge in [-0.2, -0.15) is 0 Å². The molecule has 2 rings (SSSR count). The monoisotopic (exact) mass is 282 g/mol. The number of ether oxygens (including phenoxy) is 1. The zero-order valence-electron chi connectivity index (χ0n) is 12.6. The van der Waals surface area contributed by atoms with Crippen LogP contribution in [-0.4, -0.2) is 48.6 Å². The lowest BCUT2D eigenvalue weighted by Crippen LogP contribution is -2.57. The van der Waals surface area contributed by atoms with Crippen LogP contribution < -0.4 is 5.32 Å². The fourth-order valence-corrected chi connectivity index (χ4v) is 3.27. The van der Waals surface area contributed by atoms with Crippen molar-refractivity contribution in [2.75, 3.05) is 20.3 Å². The number of carbonyl (C=O) groups excluding carboxylic acids is 2. The Labute approximate surface area is 121 Å². The van der Waals surface area contributed by atoms with Gasteiger partial charge < -0.3 is 15.0 Å². The van der Waals surface area contributed by atoms with Gasteiger partial charge in [-0.05, 0) is 26.2 Å². The van der Waals surface area contributed by atoms with Crippen LogP contribution in [0.5, 0.6) is 0 Å². The van der Waals surface area contributed by atoms with Gasteiger partial charge in [0.05, 0.1) is 6.61 Å². The van der Waals surface area contributed by atoms with Crippen LogP contribution in [0.2, 0.25) is 0 Å². The Bertz CT molecular complexity index is 366. The molecule has 1 unspecified atom stereocenters. The molecule has 2 aliphatic rings. The van der Waals surface area contributed by atoms with E-state index in [1.54, 1.807) is 12.0 Å². The summed E-state index contributed by atoms with van der Waals surface area (Å²) in [5.74, 6) is 0.0645. The van der Waals surface area contributed by atoms with E-state index in [1.165, 1.54) is 19.3 Å². The zero-order valence-corrected chi connectivity index (χ0v) is 12.6. The van der Waals surface area contributed by atoms with Gasteiger partial charge in [0.2, 0.25) is 11.8 Å². The number of hydrogen-bond donors (Lipinski definition) is 1. The minimum Gasteiger partial charge on any atom is -0.383 e. The molecule has 0 bridgehead atoms. The van der Waals surface area contributed by atoms with Gasteiger partial charge in [-0.15, -0.1) is 0 Å². The maximum absolute atomic E-state index is 12.6. The Morgan fingerprint density at radius 1 is 1.40 bits per heavy atom. The summed E-state index contributed by atoms with van der Waals surface area (Å²) >= 11 is 0. The summed E-state index contributed by atoms with van der Waals surface area (Å²) in [5, 5.41) is 3.15. The third-order valence-electron chi connectivity index (χ3n) is 4.67. The third-order valence-corrected chi connectivity index (χ3v) is 4.67. The molecule has 2 amide bonds. The van der Waals surface area contributed by atoms with Crippen LogP contribution in [0.3, 0.4) is 0 Å². The molecule has 0 aromatic rings. The number of rotatable bonds is 5. The molecule has 20 heavy (non-hydrogen) atoms. The van der Waals surface area contributed by atoms with Gasteiger partial charge in [0.1, 0.15) is 5.54 Å². The van der Waals surface area contributed by atoms with Gasteiger partial charge in [0.15, 0.2) is 0 Å². The summed E-state index contributed by atoms with van der Waals surface area (Å²) in [6.45, 7) is 2.84. The summed E-state index contributed by atoms with van der Waals surface area (Å²) in [5.41, 5.74) is -0.701. The fourth-order valence-electron chi connectivity index (χ4n) is 3.27. The van der Waals surface area contributed by atoms with E-state index in [9.17, 15) is 9.59 Å². The van der Waals surface area contributed by atoms with Gasteiger partial charge in [0, 0.05) is 26.1 Å². The average Bonchev–Trinajstić information content (AvgIpc) is 2.74. The van der Waals surface area contributed by atoms with E-state index in [2.05, 4.69) is 5.32 Å². The van der Waals surface area contributed by atoms with Crippen molar-refractivity contribution < 1.29 is 14.3 Å². The van der Waals surface area contributed by atoms with Crippen LogP contribution in [0.4, 0.5) is 0 Å². The highest BCUT2D eigenvalue weighted by Crippen LogP contribution is 2.30. The lowest BCUT2D eigenvalue weighted by atomic mass is 9.92. The molecule has 1 saturated carbocycles. The van der Waals surface area contributed by atoms with Gasteiger partial charge in [-0.25, -0.2) is 0 Å². The first-order valence-corrected chi connectivity index (χ1v) is 7.68. The number of nitrogens with one attached hydrogen (secondary N) is 1. The highest BCUT2D eigenvalue weighted by Gasteiger charge is 2.47. The van der Waals surface area contributed by atoms with Crippen molar-refractivity contribution in [3.05, 3.63) is 0 Å². The molecule has 5 nitrogen and oxygen atoms in total. The Morgan fingerprint density at radius 2 is 2.10 bits per heavy atom. The lowest BCUT2D eigenvalue weighted by Gasteiger charge is -2.35. The van der Waals surface area contributed by atoms with Gasteiger partial charge in [0.25, 0.3) is 0 Å². The predicted octanol–water partition coefficient (Wildman–Crippen LogP) is 1.46. The maximum atomic E-state index is 12.6. The number of carbonyl (C=O) groups is 2. The summed E-state index contributed by atoms with van der Waals surface area (Å²) in [6, 6.07) is 0.285. The van der Waals surface area contributed by atoms with Crippen molar-refractivity contribution >= 4 is 11.8 Å². The fraction of sp³-hybridized carbons (Fsp3) is 0.867. The first-order chi connectivity index (χ1) is 9.58. The van der Waals surface area contributed by atoms with Crippen LogP contribution in [0.1, 0.15) is 51.9 Å². The largest absolute Gasteiger partial charge is 0.383 e. The molecule has 1 saturated heterocycles. The molecule has 0 aromatic heterocycles. The van der Waals surface area contributed by atoms with Gasteiger partial charge in [-0.3, -0.25) is 9.59 Å². The van der Waals surface area contributed by atoms with Gasteiger partial charge in [-0.1, -0.05) is 19.3 Å². The highest BCUT2D eigenvalue weighted by atomic mass is 16.5. The van der Waals surface area contributed by atoms with E-state index in [0.29, 0.717) is 26.0 Å². The molecular formula is C15H26N2O3. The normalized spacial score (nSPS) is 27.9. The molecule has 1 aliphatic heterocycles. The number of amides is 2. The van der Waals surface area contributed by atoms with Crippen molar-refractivity contribution in [1.29, 1.82) is 0 Å². The van der Waals surface area contributed by atoms with Crippen LogP contribution >= 0.6 is 0 Å². The van der Waals surface area contributed by atoms with Crippen LogP contribution in [0.25, 0.3) is 0 Å². The van der Waals surface area contributed by atoms with Crippen molar-refractivity contribution in [3.63, 3.8) is 0 Å². The molecule has 114 valence electrons. The highest BCUT2D eigenvalue weighted by molar-refractivity contribution is 5.94.